The molecule has 0 saturated carbocycles. The van der Waals surface area contributed by atoms with E-state index in [1.54, 1.807) is 26.5 Å². The first-order chi connectivity index (χ1) is 36.9. The molecule has 4 aliphatic rings. The zero-order valence-electron chi connectivity index (χ0n) is 44.9. The van der Waals surface area contributed by atoms with Crippen LogP contribution in [0.2, 0.25) is 0 Å². The smallest absolute Gasteiger partial charge is 0.258 e. The Morgan fingerprint density at radius 1 is 0.776 bits per heavy atom. The van der Waals surface area contributed by atoms with E-state index in [4.69, 9.17) is 33.3 Å². The zero-order chi connectivity index (χ0) is 53.2. The number of hydrogen-bond acceptors (Lipinski definition) is 13. The highest BCUT2D eigenvalue weighted by atomic mass is 33.1. The third-order valence-electron chi connectivity index (χ3n) is 14.1. The van der Waals surface area contributed by atoms with Crippen molar-refractivity contribution in [2.75, 3.05) is 94.5 Å². The Morgan fingerprint density at radius 3 is 2.20 bits per heavy atom. The molecule has 0 aliphatic carbocycles. The van der Waals surface area contributed by atoms with Gasteiger partial charge in [0.1, 0.15) is 38.4 Å². The molecule has 0 bridgehead atoms. The largest absolute Gasteiger partial charge is 0.493 e. The first-order valence-electron chi connectivity index (χ1n) is 26.3. The minimum atomic E-state index is -0.237. The summed E-state index contributed by atoms with van der Waals surface area (Å²) in [4.78, 5) is 40.2. The van der Waals surface area contributed by atoms with Gasteiger partial charge in [-0.15, -0.1) is 0 Å². The third kappa shape index (κ3) is 12.9. The number of carbonyl (C=O) groups excluding carboxylic acids is 2. The second-order valence-corrected chi connectivity index (χ2v) is 23.3. The van der Waals surface area contributed by atoms with Gasteiger partial charge < -0.3 is 52.5 Å². The van der Waals surface area contributed by atoms with Crippen LogP contribution in [0.3, 0.4) is 0 Å². The number of hydrogen-bond donors (Lipinski definition) is 0. The number of oxime groups is 1. The minimum absolute atomic E-state index is 0.0547. The van der Waals surface area contributed by atoms with Gasteiger partial charge in [0, 0.05) is 83.4 Å². The molecule has 0 spiro atoms. The summed E-state index contributed by atoms with van der Waals surface area (Å²) in [5, 5.41) is 3.89. The monoisotopic (exact) mass is 1070 g/mol. The van der Waals surface area contributed by atoms with Gasteiger partial charge in [-0.1, -0.05) is 63.1 Å². The van der Waals surface area contributed by atoms with Gasteiger partial charge in [-0.3, -0.25) is 9.59 Å². The van der Waals surface area contributed by atoms with E-state index in [1.165, 1.54) is 5.56 Å². The second kappa shape index (κ2) is 25.4. The Kier molecular flexibility index (Phi) is 18.3. The van der Waals surface area contributed by atoms with Gasteiger partial charge >= 0.3 is 0 Å². The Balaban J connectivity index is 0.996. The highest BCUT2D eigenvalue weighted by Gasteiger charge is 2.38. The molecular formula is C60H71N5O9S2. The van der Waals surface area contributed by atoms with Gasteiger partial charge in [-0.2, -0.15) is 0 Å². The van der Waals surface area contributed by atoms with Crippen molar-refractivity contribution in [2.45, 2.75) is 89.8 Å². The Morgan fingerprint density at radius 2 is 1.46 bits per heavy atom. The molecule has 9 rings (SSSR count). The molecule has 4 aliphatic heterocycles. The summed E-state index contributed by atoms with van der Waals surface area (Å²) < 4.78 is 38.2. The maximum absolute atomic E-state index is 14.4. The molecule has 0 fully saturated rings. The molecule has 0 aromatic heterocycles. The maximum Gasteiger partial charge on any atom is 0.258 e. The lowest BCUT2D eigenvalue weighted by molar-refractivity contribution is -0.401. The lowest BCUT2D eigenvalue weighted by atomic mass is 9.98. The zero-order valence-corrected chi connectivity index (χ0v) is 46.6. The summed E-state index contributed by atoms with van der Waals surface area (Å²) in [6.45, 7) is 13.3. The molecule has 14 nitrogen and oxygen atoms in total. The topological polar surface area (TPSA) is 124 Å². The van der Waals surface area contributed by atoms with Crippen LogP contribution in [0, 0.1) is 6.92 Å². The molecule has 2 amide bonds. The van der Waals surface area contributed by atoms with Crippen LogP contribution >= 0.6 is 21.6 Å². The third-order valence-corrected chi connectivity index (χ3v) is 17.4. The first-order valence-corrected chi connectivity index (χ1v) is 28.6. The number of benzene rings is 5. The molecule has 0 radical (unpaired) electrons. The molecule has 402 valence electrons. The van der Waals surface area contributed by atoms with Crippen molar-refractivity contribution in [3.63, 3.8) is 0 Å². The van der Waals surface area contributed by atoms with Crippen molar-refractivity contribution in [3.8, 4) is 17.2 Å². The van der Waals surface area contributed by atoms with E-state index < -0.39 is 0 Å². The SMILES string of the molecule is CC=NOCCCSSC(C)(C)CN(CCOCCOCCOC)c1cc(COc2cc3c(cc2C)C(=O)N2c4ccccc4C[C@H]2CC3)cc(COc2cc3c(cc2OC)C(=O)N2c4ccccc4C[C@H]2[C-]=[N+]3C)c1. The fourth-order valence-electron chi connectivity index (χ4n) is 10.5. The lowest BCUT2D eigenvalue weighted by Gasteiger charge is -2.34. The van der Waals surface area contributed by atoms with Gasteiger partial charge in [0.15, 0.2) is 5.75 Å². The molecule has 0 N–H and O–H groups in total. The van der Waals surface area contributed by atoms with E-state index in [9.17, 15) is 9.59 Å². The van der Waals surface area contributed by atoms with Crippen LogP contribution in [0.1, 0.15) is 87.7 Å². The first kappa shape index (κ1) is 54.7. The summed E-state index contributed by atoms with van der Waals surface area (Å²) in [5.41, 5.74) is 11.0. The van der Waals surface area contributed by atoms with Crippen molar-refractivity contribution in [1.82, 2.24) is 0 Å². The van der Waals surface area contributed by atoms with Crippen LogP contribution < -0.4 is 28.9 Å². The van der Waals surface area contributed by atoms with Crippen molar-refractivity contribution in [3.05, 3.63) is 136 Å². The standard InChI is InChI=1S/C60H71N5O9S2/c1-8-61-74-21-13-27-75-76-60(3,4)40-63(20-22-70-25-26-71-24-23-68-6)48-30-42(38-72-55-34-44-18-19-47-32-45-14-9-11-16-52(45)64(47)58(66)50(44)28-41(55)2)29-43(31-48)39-73-57-36-54-51(35-56(57)69-7)59(67)65-49(37-62(54)5)33-46-15-10-12-17-53(46)65/h8-12,14-17,28-31,34-36,47,49H,13,18-27,32-33,38-40H2,1-7H3/t47-,49+/m1/s1. The van der Waals surface area contributed by atoms with E-state index >= 15 is 0 Å². The predicted octanol–water partition coefficient (Wildman–Crippen LogP) is 10.5. The van der Waals surface area contributed by atoms with Crippen LogP contribution in [0.5, 0.6) is 17.2 Å². The summed E-state index contributed by atoms with van der Waals surface area (Å²) in [7, 11) is 8.89. The van der Waals surface area contributed by atoms with E-state index in [0.29, 0.717) is 81.9 Å². The number of methoxy groups -OCH3 is 2. The minimum Gasteiger partial charge on any atom is -0.493 e. The molecule has 5 aromatic rings. The Bertz CT molecular complexity index is 2930. The van der Waals surface area contributed by atoms with E-state index in [2.05, 4.69) is 78.6 Å². The number of fused-ring (bicyclic) bond motifs is 8. The highest BCUT2D eigenvalue weighted by molar-refractivity contribution is 8.77. The van der Waals surface area contributed by atoms with Gasteiger partial charge in [0.2, 0.25) is 5.91 Å². The molecule has 4 heterocycles. The summed E-state index contributed by atoms with van der Waals surface area (Å²) in [5.74, 6) is 2.59. The maximum atomic E-state index is 14.4. The lowest BCUT2D eigenvalue weighted by Crippen LogP contribution is -2.38. The van der Waals surface area contributed by atoms with Gasteiger partial charge in [-0.05, 0) is 148 Å². The van der Waals surface area contributed by atoms with Crippen LogP contribution in [0.4, 0.5) is 22.7 Å². The number of aryl methyl sites for hydroxylation is 2. The molecule has 5 aromatic carbocycles. The normalized spacial score (nSPS) is 16.5. The number of carbonyl (C=O) groups is 2. The molecule has 76 heavy (non-hydrogen) atoms. The Hall–Kier alpha value is -6.04. The number of para-hydroxylation sites is 2. The highest BCUT2D eigenvalue weighted by Crippen LogP contribution is 2.43. The molecule has 0 saturated heterocycles. The molecule has 16 heteroatoms. The molecule has 0 unspecified atom stereocenters. The average molecular weight is 1070 g/mol. The number of ether oxygens (including phenoxy) is 6. The number of anilines is 3. The number of nitrogens with zero attached hydrogens (tertiary/aromatic N) is 5. The number of amides is 2. The van der Waals surface area contributed by atoms with E-state index in [1.807, 2.05) is 93.3 Å². The van der Waals surface area contributed by atoms with E-state index in [0.717, 1.165) is 87.6 Å². The predicted molar refractivity (Wildman–Crippen MR) is 305 cm³/mol. The second-order valence-electron chi connectivity index (χ2n) is 20.1. The van der Waals surface area contributed by atoms with Crippen LogP contribution in [0.15, 0.2) is 96.2 Å². The van der Waals surface area contributed by atoms with Crippen LogP contribution in [0.25, 0.3) is 0 Å². The van der Waals surface area contributed by atoms with Crippen molar-refractivity contribution >= 4 is 68.6 Å². The number of rotatable bonds is 26. The van der Waals surface area contributed by atoms with Gasteiger partial charge in [0.25, 0.3) is 5.91 Å². The Labute approximate surface area is 456 Å². The molecule has 2 atom stereocenters. The van der Waals surface area contributed by atoms with Crippen molar-refractivity contribution in [2.24, 2.45) is 5.16 Å². The van der Waals surface area contributed by atoms with E-state index in [-0.39, 0.29) is 41.9 Å². The fraction of sp³-hybridized carbons (Fsp3) is 0.433. The van der Waals surface area contributed by atoms with Gasteiger partial charge in [-0.25, -0.2) is 0 Å². The van der Waals surface area contributed by atoms with Crippen molar-refractivity contribution in [1.29, 1.82) is 0 Å². The van der Waals surface area contributed by atoms with Crippen LogP contribution in [-0.4, -0.2) is 125 Å². The summed E-state index contributed by atoms with van der Waals surface area (Å²) in [6, 6.07) is 30.5. The van der Waals surface area contributed by atoms with Crippen LogP contribution in [-0.2, 0) is 51.5 Å². The quantitative estimate of drug-likeness (QED) is 0.0131. The van der Waals surface area contributed by atoms with Crippen molar-refractivity contribution < 1.29 is 47.4 Å². The average Bonchev–Trinajstić information content (AvgIpc) is 3.94. The summed E-state index contributed by atoms with van der Waals surface area (Å²) >= 11 is 0. The summed E-state index contributed by atoms with van der Waals surface area (Å²) in [6.07, 6.45) is 9.32. The fourth-order valence-corrected chi connectivity index (χ4v) is 13.1. The molecular weight excluding hydrogens is 999 g/mol. The van der Waals surface area contributed by atoms with Gasteiger partial charge in [0.05, 0.1) is 45.8 Å².